The molecule has 1 rings (SSSR count). The molecule has 0 aromatic heterocycles. The summed E-state index contributed by atoms with van der Waals surface area (Å²) in [5.74, 6) is 0.168. The predicted octanol–water partition coefficient (Wildman–Crippen LogP) is 1.65. The van der Waals surface area contributed by atoms with Crippen LogP contribution in [-0.4, -0.2) is 42.2 Å². The molecular weight excluding hydrogens is 287 g/mol. The molecule has 3 nitrogen and oxygen atoms in total. The molecule has 1 aromatic rings. The Morgan fingerprint density at radius 2 is 1.94 bits per heavy atom. The van der Waals surface area contributed by atoms with E-state index in [1.807, 2.05) is 59.5 Å². The van der Waals surface area contributed by atoms with Gasteiger partial charge in [0.1, 0.15) is 0 Å². The topological polar surface area (TPSA) is 29.5 Å². The van der Waals surface area contributed by atoms with Crippen molar-refractivity contribution < 1.29 is 9.53 Å². The molecule has 0 N–H and O–H groups in total. The number of ether oxygens (including phenoxy) is 1. The molecule has 0 aliphatic rings. The number of hydrogen-bond donors (Lipinski definition) is 0. The van der Waals surface area contributed by atoms with Crippen LogP contribution in [0.3, 0.4) is 0 Å². The van der Waals surface area contributed by atoms with Gasteiger partial charge in [-0.3, -0.25) is 0 Å². The van der Waals surface area contributed by atoms with E-state index in [0.29, 0.717) is 26.2 Å². The summed E-state index contributed by atoms with van der Waals surface area (Å²) in [4.78, 5) is 13.9. The van der Waals surface area contributed by atoms with Gasteiger partial charge in [-0.05, 0) is 0 Å². The van der Waals surface area contributed by atoms with E-state index in [2.05, 4.69) is 0 Å². The third kappa shape index (κ3) is 4.82. The average molecular weight is 307 g/mol. The quantitative estimate of drug-likeness (QED) is 0.566. The van der Waals surface area contributed by atoms with Crippen molar-refractivity contribution >= 4 is 32.5 Å². The normalized spacial score (nSPS) is 10.4. The van der Waals surface area contributed by atoms with Crippen LogP contribution in [0.5, 0.6) is 0 Å². The van der Waals surface area contributed by atoms with E-state index in [-0.39, 0.29) is 5.91 Å². The van der Waals surface area contributed by atoms with Crippen LogP contribution >= 0.6 is 0 Å². The van der Waals surface area contributed by atoms with Crippen molar-refractivity contribution in [3.05, 3.63) is 24.3 Å². The number of rotatable bonds is 7. The molecule has 0 aliphatic carbocycles. The van der Waals surface area contributed by atoms with E-state index < -0.39 is 0 Å². The molecule has 1 aromatic carbocycles. The number of anilines is 1. The fraction of sp³-hybridized carbons (Fsp3) is 0.500. The number of hydrogen-bond acceptors (Lipinski definition) is 2. The zero-order valence-electron chi connectivity index (χ0n) is 11.1. The summed E-state index contributed by atoms with van der Waals surface area (Å²) in [6, 6.07) is 8.06. The van der Waals surface area contributed by atoms with Crippen molar-refractivity contribution in [2.75, 3.05) is 24.7 Å². The summed E-state index contributed by atoms with van der Waals surface area (Å²) in [7, 11) is 0. The van der Waals surface area contributed by atoms with Gasteiger partial charge in [0.05, 0.1) is 0 Å². The third-order valence-electron chi connectivity index (χ3n) is 2.68. The van der Waals surface area contributed by atoms with Gasteiger partial charge in [0, 0.05) is 0 Å². The van der Waals surface area contributed by atoms with Crippen LogP contribution < -0.4 is 9.30 Å². The molecule has 3 radical (unpaired) electrons. The maximum absolute atomic E-state index is 12.1. The zero-order chi connectivity index (χ0) is 13.4. The van der Waals surface area contributed by atoms with Gasteiger partial charge in [0.15, 0.2) is 0 Å². The van der Waals surface area contributed by atoms with Crippen LogP contribution in [0.4, 0.5) is 5.69 Å². The fourth-order valence-electron chi connectivity index (χ4n) is 1.75. The monoisotopic (exact) mass is 308 g/mol. The molecule has 0 spiro atoms. The van der Waals surface area contributed by atoms with Crippen molar-refractivity contribution in [2.45, 2.75) is 26.7 Å². The SMILES string of the molecule is CCOCCCC(=O)N(CC)c1cc[c]([Ge])cc1. The van der Waals surface area contributed by atoms with Crippen molar-refractivity contribution in [3.63, 3.8) is 0 Å². The van der Waals surface area contributed by atoms with Crippen LogP contribution in [0.15, 0.2) is 24.3 Å². The Morgan fingerprint density at radius 1 is 1.28 bits per heavy atom. The second-order valence-corrected chi connectivity index (χ2v) is 5.20. The Bertz CT molecular complexity index is 365. The first kappa shape index (κ1) is 15.3. The number of amides is 1. The Balaban J connectivity index is 2.54. The van der Waals surface area contributed by atoms with Crippen LogP contribution in [-0.2, 0) is 9.53 Å². The number of carbonyl (C=O) groups excluding carboxylic acids is 1. The number of carbonyl (C=O) groups is 1. The Labute approximate surface area is 118 Å². The van der Waals surface area contributed by atoms with Crippen molar-refractivity contribution in [3.8, 4) is 0 Å². The van der Waals surface area contributed by atoms with Gasteiger partial charge in [-0.15, -0.1) is 0 Å². The minimum absolute atomic E-state index is 0.168. The third-order valence-corrected chi connectivity index (χ3v) is 3.38. The first-order chi connectivity index (χ1) is 8.69. The van der Waals surface area contributed by atoms with E-state index in [1.165, 1.54) is 4.40 Å². The van der Waals surface area contributed by atoms with Crippen molar-refractivity contribution in [1.82, 2.24) is 0 Å². The van der Waals surface area contributed by atoms with E-state index in [0.717, 1.165) is 12.1 Å². The fourth-order valence-corrected chi connectivity index (χ4v) is 2.10. The van der Waals surface area contributed by atoms with Gasteiger partial charge in [-0.2, -0.15) is 0 Å². The molecule has 0 saturated carbocycles. The standard InChI is InChI=1S/C14H20GeNO2/c1-3-16(13-9-7-12(15)8-10-13)14(17)6-5-11-18-4-2/h7-10H,3-6,11H2,1-2H3. The van der Waals surface area contributed by atoms with Crippen LogP contribution in [0.25, 0.3) is 0 Å². The van der Waals surface area contributed by atoms with Crippen LogP contribution in [0, 0.1) is 0 Å². The number of benzene rings is 1. The molecule has 0 fully saturated rings. The molecule has 97 valence electrons. The first-order valence-corrected chi connectivity index (χ1v) is 7.43. The molecule has 18 heavy (non-hydrogen) atoms. The van der Waals surface area contributed by atoms with E-state index in [4.69, 9.17) is 4.74 Å². The second kappa shape index (κ2) is 8.32. The molecular formula is C14H20GeNO2. The van der Waals surface area contributed by atoms with Gasteiger partial charge >= 0.3 is 118 Å². The number of nitrogens with zero attached hydrogens (tertiary/aromatic N) is 1. The van der Waals surface area contributed by atoms with Crippen molar-refractivity contribution in [2.24, 2.45) is 0 Å². The van der Waals surface area contributed by atoms with Gasteiger partial charge < -0.3 is 0 Å². The molecule has 0 unspecified atom stereocenters. The van der Waals surface area contributed by atoms with E-state index in [9.17, 15) is 4.79 Å². The summed E-state index contributed by atoms with van der Waals surface area (Å²) < 4.78 is 6.46. The van der Waals surface area contributed by atoms with Gasteiger partial charge in [0.2, 0.25) is 0 Å². The Hall–Kier alpha value is -0.807. The molecule has 0 bridgehead atoms. The summed E-state index contributed by atoms with van der Waals surface area (Å²) >= 11 is 2.05. The van der Waals surface area contributed by atoms with Crippen molar-refractivity contribution in [1.29, 1.82) is 0 Å². The summed E-state index contributed by atoms with van der Waals surface area (Å²) in [6.45, 7) is 6.04. The van der Waals surface area contributed by atoms with E-state index >= 15 is 0 Å². The van der Waals surface area contributed by atoms with Gasteiger partial charge in [-0.1, -0.05) is 0 Å². The van der Waals surface area contributed by atoms with Gasteiger partial charge in [-0.25, -0.2) is 0 Å². The van der Waals surface area contributed by atoms with E-state index in [1.54, 1.807) is 0 Å². The minimum atomic E-state index is 0.168. The molecule has 1 amide bonds. The van der Waals surface area contributed by atoms with Crippen LogP contribution in [0.2, 0.25) is 0 Å². The Kier molecular flexibility index (Phi) is 7.05. The van der Waals surface area contributed by atoms with Crippen LogP contribution in [0.1, 0.15) is 26.7 Å². The zero-order valence-corrected chi connectivity index (χ0v) is 13.2. The summed E-state index contributed by atoms with van der Waals surface area (Å²) in [5, 5.41) is 0. The molecule has 0 atom stereocenters. The Morgan fingerprint density at radius 3 is 2.50 bits per heavy atom. The average Bonchev–Trinajstić information content (AvgIpc) is 2.38. The first-order valence-electron chi connectivity index (χ1n) is 6.38. The predicted molar refractivity (Wildman–Crippen MR) is 75.6 cm³/mol. The molecule has 0 heterocycles. The maximum atomic E-state index is 12.1. The van der Waals surface area contributed by atoms with Gasteiger partial charge in [0.25, 0.3) is 0 Å². The molecule has 0 saturated heterocycles. The molecule has 4 heteroatoms. The summed E-state index contributed by atoms with van der Waals surface area (Å²) in [5.41, 5.74) is 0.976. The summed E-state index contributed by atoms with van der Waals surface area (Å²) in [6.07, 6.45) is 1.33. The molecule has 0 aliphatic heterocycles. The second-order valence-electron chi connectivity index (χ2n) is 3.99.